The summed E-state index contributed by atoms with van der Waals surface area (Å²) in [6.45, 7) is 1.19. The van der Waals surface area contributed by atoms with Crippen LogP contribution in [-0.2, 0) is 9.53 Å². The number of hydrogen-bond acceptors (Lipinski definition) is 4. The predicted octanol–water partition coefficient (Wildman–Crippen LogP) is 4.15. The topological polar surface area (TPSA) is 68.3 Å². The minimum absolute atomic E-state index is 0.150. The van der Waals surface area contributed by atoms with E-state index in [0.29, 0.717) is 15.7 Å². The Labute approximate surface area is 147 Å². The molecule has 1 aromatic heterocycles. The average molecular weight is 374 g/mol. The second-order valence-corrected chi connectivity index (χ2v) is 5.77. The number of aromatic nitrogens is 1. The van der Waals surface area contributed by atoms with Crippen molar-refractivity contribution in [2.45, 2.75) is 6.92 Å². The molecule has 0 aliphatic heterocycles. The Kier molecular flexibility index (Phi) is 5.82. The monoisotopic (exact) mass is 372 g/mol. The first-order valence-electron chi connectivity index (χ1n) is 6.42. The van der Waals surface area contributed by atoms with E-state index >= 15 is 0 Å². The number of pyridine rings is 1. The quantitative estimate of drug-likeness (QED) is 0.818. The van der Waals surface area contributed by atoms with Crippen LogP contribution in [0.3, 0.4) is 0 Å². The van der Waals surface area contributed by atoms with Gasteiger partial charge < -0.3 is 10.1 Å². The first-order valence-corrected chi connectivity index (χ1v) is 7.55. The zero-order valence-electron chi connectivity index (χ0n) is 11.9. The highest BCUT2D eigenvalue weighted by Gasteiger charge is 2.13. The smallest absolute Gasteiger partial charge is 0.338 e. The first kappa shape index (κ1) is 17.5. The molecule has 2 rings (SSSR count). The number of amides is 1. The van der Waals surface area contributed by atoms with E-state index in [9.17, 15) is 9.59 Å². The SMILES string of the molecule is Cc1nc(NC(=O)COC(=O)c2cccc(Cl)c2)c(Cl)cc1Cl. The maximum Gasteiger partial charge on any atom is 0.338 e. The van der Waals surface area contributed by atoms with Crippen molar-refractivity contribution >= 4 is 52.5 Å². The molecule has 0 bridgehead atoms. The van der Waals surface area contributed by atoms with Crippen LogP contribution in [0.2, 0.25) is 15.1 Å². The summed E-state index contributed by atoms with van der Waals surface area (Å²) < 4.78 is 4.90. The number of carbonyl (C=O) groups is 2. The number of carbonyl (C=O) groups excluding carboxylic acids is 2. The Morgan fingerprint density at radius 3 is 2.61 bits per heavy atom. The number of benzene rings is 1. The van der Waals surface area contributed by atoms with Crippen molar-refractivity contribution in [2.75, 3.05) is 11.9 Å². The van der Waals surface area contributed by atoms with Crippen LogP contribution in [0, 0.1) is 6.92 Å². The molecule has 8 heteroatoms. The molecule has 0 atom stereocenters. The van der Waals surface area contributed by atoms with Gasteiger partial charge in [0, 0.05) is 5.02 Å². The number of nitrogens with one attached hydrogen (secondary N) is 1. The second-order valence-electron chi connectivity index (χ2n) is 4.52. The molecule has 23 heavy (non-hydrogen) atoms. The third kappa shape index (κ3) is 4.82. The first-order chi connectivity index (χ1) is 10.9. The van der Waals surface area contributed by atoms with E-state index in [2.05, 4.69) is 10.3 Å². The van der Waals surface area contributed by atoms with Crippen molar-refractivity contribution in [3.63, 3.8) is 0 Å². The van der Waals surface area contributed by atoms with Crippen molar-refractivity contribution < 1.29 is 14.3 Å². The maximum atomic E-state index is 11.8. The van der Waals surface area contributed by atoms with Gasteiger partial charge in [-0.15, -0.1) is 0 Å². The average Bonchev–Trinajstić information content (AvgIpc) is 2.50. The highest BCUT2D eigenvalue weighted by Crippen LogP contribution is 2.25. The van der Waals surface area contributed by atoms with Crippen molar-refractivity contribution in [3.05, 3.63) is 56.7 Å². The van der Waals surface area contributed by atoms with Crippen LogP contribution in [0.4, 0.5) is 5.82 Å². The standard InChI is InChI=1S/C15H11Cl3N2O3/c1-8-11(17)6-12(18)14(19-8)20-13(21)7-23-15(22)9-3-2-4-10(16)5-9/h2-6H,7H2,1H3,(H,19,20,21). The lowest BCUT2D eigenvalue weighted by Gasteiger charge is -2.09. The molecule has 1 N–H and O–H groups in total. The Morgan fingerprint density at radius 2 is 1.91 bits per heavy atom. The van der Waals surface area contributed by atoms with Crippen LogP contribution in [0.1, 0.15) is 16.1 Å². The van der Waals surface area contributed by atoms with Gasteiger partial charge in [-0.05, 0) is 31.2 Å². The summed E-state index contributed by atoms with van der Waals surface area (Å²) in [5, 5.41) is 3.43. The Bertz CT molecular complexity index is 766. The van der Waals surface area contributed by atoms with Crippen LogP contribution in [0.25, 0.3) is 0 Å². The Balaban J connectivity index is 1.95. The van der Waals surface area contributed by atoms with Crippen molar-refractivity contribution in [3.8, 4) is 0 Å². The van der Waals surface area contributed by atoms with Crippen LogP contribution in [-0.4, -0.2) is 23.5 Å². The van der Waals surface area contributed by atoms with E-state index in [1.54, 1.807) is 19.1 Å². The van der Waals surface area contributed by atoms with Gasteiger partial charge in [0.2, 0.25) is 0 Å². The van der Waals surface area contributed by atoms with Gasteiger partial charge in [-0.2, -0.15) is 0 Å². The molecule has 0 aliphatic rings. The lowest BCUT2D eigenvalue weighted by Crippen LogP contribution is -2.21. The zero-order chi connectivity index (χ0) is 17.0. The number of esters is 1. The lowest BCUT2D eigenvalue weighted by atomic mass is 10.2. The molecule has 5 nitrogen and oxygen atoms in total. The van der Waals surface area contributed by atoms with E-state index in [1.165, 1.54) is 18.2 Å². The minimum Gasteiger partial charge on any atom is -0.452 e. The molecule has 0 aliphatic carbocycles. The molecule has 2 aromatic rings. The molecule has 0 saturated carbocycles. The Morgan fingerprint density at radius 1 is 1.17 bits per heavy atom. The maximum absolute atomic E-state index is 11.8. The number of ether oxygens (including phenoxy) is 1. The van der Waals surface area contributed by atoms with Crippen LogP contribution >= 0.6 is 34.8 Å². The van der Waals surface area contributed by atoms with E-state index in [1.807, 2.05) is 0 Å². The second kappa shape index (κ2) is 7.64. The van der Waals surface area contributed by atoms with Gasteiger partial charge in [0.25, 0.3) is 5.91 Å². The normalized spacial score (nSPS) is 10.3. The number of aryl methyl sites for hydroxylation is 1. The van der Waals surface area contributed by atoms with Gasteiger partial charge in [0.05, 0.1) is 21.3 Å². The third-order valence-electron chi connectivity index (χ3n) is 2.76. The van der Waals surface area contributed by atoms with Crippen molar-refractivity contribution in [1.82, 2.24) is 4.98 Å². The summed E-state index contributed by atoms with van der Waals surface area (Å²) in [5.41, 5.74) is 0.770. The van der Waals surface area contributed by atoms with E-state index in [0.717, 1.165) is 0 Å². The molecule has 0 saturated heterocycles. The summed E-state index contributed by atoms with van der Waals surface area (Å²) in [4.78, 5) is 27.7. The Hall–Kier alpha value is -1.82. The predicted molar refractivity (Wildman–Crippen MR) is 89.4 cm³/mol. The summed E-state index contributed by atoms with van der Waals surface area (Å²) in [6.07, 6.45) is 0. The summed E-state index contributed by atoms with van der Waals surface area (Å²) in [5.74, 6) is -1.08. The van der Waals surface area contributed by atoms with Crippen molar-refractivity contribution in [2.24, 2.45) is 0 Å². The van der Waals surface area contributed by atoms with Gasteiger partial charge in [-0.3, -0.25) is 4.79 Å². The van der Waals surface area contributed by atoms with Gasteiger partial charge in [0.15, 0.2) is 12.4 Å². The van der Waals surface area contributed by atoms with Crippen LogP contribution < -0.4 is 5.32 Å². The van der Waals surface area contributed by atoms with Gasteiger partial charge in [0.1, 0.15) is 0 Å². The van der Waals surface area contributed by atoms with Crippen LogP contribution in [0.5, 0.6) is 0 Å². The number of nitrogens with zero attached hydrogens (tertiary/aromatic N) is 1. The van der Waals surface area contributed by atoms with Gasteiger partial charge in [-0.1, -0.05) is 40.9 Å². The van der Waals surface area contributed by atoms with E-state index in [4.69, 9.17) is 39.5 Å². The van der Waals surface area contributed by atoms with Gasteiger partial charge in [-0.25, -0.2) is 9.78 Å². The molecule has 1 heterocycles. The zero-order valence-corrected chi connectivity index (χ0v) is 14.2. The minimum atomic E-state index is -0.658. The summed E-state index contributed by atoms with van der Waals surface area (Å²) >= 11 is 17.6. The molecule has 0 unspecified atom stereocenters. The molecule has 120 valence electrons. The fraction of sp³-hybridized carbons (Fsp3) is 0.133. The van der Waals surface area contributed by atoms with E-state index < -0.39 is 18.5 Å². The third-order valence-corrected chi connectivity index (χ3v) is 3.66. The molecule has 1 aromatic carbocycles. The largest absolute Gasteiger partial charge is 0.452 e. The molecule has 0 fully saturated rings. The fourth-order valence-corrected chi connectivity index (χ4v) is 2.24. The number of hydrogen-bond donors (Lipinski definition) is 1. The number of rotatable bonds is 4. The highest BCUT2D eigenvalue weighted by atomic mass is 35.5. The summed E-state index contributed by atoms with van der Waals surface area (Å²) in [7, 11) is 0. The molecular weight excluding hydrogens is 363 g/mol. The molecule has 1 amide bonds. The summed E-state index contributed by atoms with van der Waals surface area (Å²) in [6, 6.07) is 7.69. The van der Waals surface area contributed by atoms with Crippen LogP contribution in [0.15, 0.2) is 30.3 Å². The fourth-order valence-electron chi connectivity index (χ4n) is 1.64. The van der Waals surface area contributed by atoms with Crippen molar-refractivity contribution in [1.29, 1.82) is 0 Å². The molecule has 0 radical (unpaired) electrons. The highest BCUT2D eigenvalue weighted by molar-refractivity contribution is 6.36. The van der Waals surface area contributed by atoms with E-state index in [-0.39, 0.29) is 16.4 Å². The molecule has 0 spiro atoms. The number of anilines is 1. The number of halogens is 3. The van der Waals surface area contributed by atoms with Gasteiger partial charge >= 0.3 is 5.97 Å². The molecular formula is C15H11Cl3N2O3. The lowest BCUT2D eigenvalue weighted by molar-refractivity contribution is -0.119.